The van der Waals surface area contributed by atoms with Crippen molar-refractivity contribution < 1.29 is 59.9 Å². The molecule has 0 aliphatic heterocycles. The molecule has 2 aromatic carbocycles. The number of carbonyl (C=O) groups is 5. The SMILES string of the molecule is Cc1cc(OCCCC(=O)NCCNC(=O)C(CS(=O)(=O)O)NC(=O)OC(C)(C)C)cc(C)c1S(=O)(=O)NC(CNC(=O)c1ccc2c(cnn2CCCNc2ncc[nH]2)c1)C(=O)O. The van der Waals surface area contributed by atoms with Crippen molar-refractivity contribution in [2.75, 3.05) is 43.9 Å². The number of nitrogens with zero attached hydrogens (tertiary/aromatic N) is 3. The van der Waals surface area contributed by atoms with Crippen molar-refractivity contribution >= 4 is 66.8 Å². The highest BCUT2D eigenvalue weighted by Gasteiger charge is 2.30. The van der Waals surface area contributed by atoms with E-state index < -0.39 is 79.9 Å². The van der Waals surface area contributed by atoms with E-state index in [0.717, 1.165) is 11.9 Å². The minimum absolute atomic E-state index is 0.00655. The number of carbonyl (C=O) groups excluding carboxylic acids is 4. The number of fused-ring (bicyclic) bond motifs is 1. The first-order valence-electron chi connectivity index (χ1n) is 20.0. The molecule has 0 fully saturated rings. The third-order valence-corrected chi connectivity index (χ3v) is 11.5. The number of aryl methyl sites for hydroxylation is 3. The summed E-state index contributed by atoms with van der Waals surface area (Å²) in [6.07, 6.45) is 4.90. The summed E-state index contributed by atoms with van der Waals surface area (Å²) in [5.41, 5.74) is 0.582. The van der Waals surface area contributed by atoms with Crippen LogP contribution in [0.1, 0.15) is 61.5 Å². The number of aliphatic carboxylic acids is 1. The normalized spacial score (nSPS) is 12.8. The summed E-state index contributed by atoms with van der Waals surface area (Å²) in [6.45, 7) is 8.27. The molecule has 0 aliphatic rings. The molecule has 0 saturated heterocycles. The molecule has 64 heavy (non-hydrogen) atoms. The molecule has 0 saturated carbocycles. The van der Waals surface area contributed by atoms with E-state index in [1.165, 1.54) is 26.0 Å². The lowest BCUT2D eigenvalue weighted by Crippen LogP contribution is -2.52. The molecule has 2 heterocycles. The van der Waals surface area contributed by atoms with Crippen LogP contribution in [-0.4, -0.2) is 132 Å². The van der Waals surface area contributed by atoms with Gasteiger partial charge >= 0.3 is 12.1 Å². The van der Waals surface area contributed by atoms with Gasteiger partial charge in [-0.05, 0) is 88.9 Å². The van der Waals surface area contributed by atoms with Gasteiger partial charge in [0.25, 0.3) is 16.0 Å². The van der Waals surface area contributed by atoms with E-state index >= 15 is 0 Å². The number of carboxylic acid groups (broad SMARTS) is 1. The molecule has 4 aromatic rings. The molecule has 2 aromatic heterocycles. The van der Waals surface area contributed by atoms with Crippen molar-refractivity contribution in [3.8, 4) is 5.75 Å². The third-order valence-electron chi connectivity index (χ3n) is 8.95. The van der Waals surface area contributed by atoms with Crippen LogP contribution in [0.4, 0.5) is 10.7 Å². The average molecular weight is 935 g/mol. The number of sulfonamides is 1. The standard InChI is InChI=1S/C39H54N10O13S2/c1-24-18-28(61-17-6-8-32(50)40-12-13-41-35(52)30(23-63(56,57)58)47-38(55)62-39(3,4)5)19-25(2)33(24)64(59,60)48-29(36(53)54)22-45-34(51)26-9-10-31-27(20-26)21-46-49(31)16-7-11-42-37-43-14-15-44-37/h9-10,14-15,18-21,29-30,48H,6-8,11-13,16-17,22-23H2,1-5H3,(H,40,50)(H,41,52)(H,45,51)(H,47,55)(H,53,54)(H2,42,43,44)(H,56,57,58). The molecule has 4 amide bonds. The second kappa shape index (κ2) is 22.4. The van der Waals surface area contributed by atoms with Crippen molar-refractivity contribution in [3.63, 3.8) is 0 Å². The zero-order valence-electron chi connectivity index (χ0n) is 35.9. The van der Waals surface area contributed by atoms with Crippen LogP contribution in [0.5, 0.6) is 5.75 Å². The van der Waals surface area contributed by atoms with Gasteiger partial charge in [-0.2, -0.15) is 18.2 Å². The minimum Gasteiger partial charge on any atom is -0.494 e. The first kappa shape index (κ1) is 50.3. The van der Waals surface area contributed by atoms with Gasteiger partial charge in [-0.1, -0.05) is 0 Å². The molecule has 2 unspecified atom stereocenters. The van der Waals surface area contributed by atoms with Crippen LogP contribution in [0.3, 0.4) is 0 Å². The van der Waals surface area contributed by atoms with Gasteiger partial charge in [-0.25, -0.2) is 18.2 Å². The van der Waals surface area contributed by atoms with Gasteiger partial charge in [-0.3, -0.25) is 28.4 Å². The Morgan fingerprint density at radius 3 is 2.27 bits per heavy atom. The summed E-state index contributed by atoms with van der Waals surface area (Å²) < 4.78 is 73.7. The number of nitrogens with one attached hydrogen (secondary N) is 7. The van der Waals surface area contributed by atoms with E-state index in [1.807, 2.05) is 0 Å². The second-order valence-corrected chi connectivity index (χ2v) is 18.7. The van der Waals surface area contributed by atoms with Crippen LogP contribution in [0.2, 0.25) is 0 Å². The Bertz CT molecular complexity index is 2480. The Balaban J connectivity index is 1.21. The number of carboxylic acids is 1. The predicted octanol–water partition coefficient (Wildman–Crippen LogP) is 1.21. The van der Waals surface area contributed by atoms with Crippen molar-refractivity contribution in [1.29, 1.82) is 0 Å². The Labute approximate surface area is 369 Å². The van der Waals surface area contributed by atoms with Gasteiger partial charge < -0.3 is 46.1 Å². The van der Waals surface area contributed by atoms with E-state index in [-0.39, 0.29) is 54.1 Å². The van der Waals surface area contributed by atoms with Crippen molar-refractivity contribution in [2.24, 2.45) is 0 Å². The monoisotopic (exact) mass is 934 g/mol. The van der Waals surface area contributed by atoms with Crippen LogP contribution in [0, 0.1) is 13.8 Å². The number of alkyl carbamates (subject to hydrolysis) is 1. The third kappa shape index (κ3) is 16.1. The summed E-state index contributed by atoms with van der Waals surface area (Å²) in [4.78, 5) is 69.0. The van der Waals surface area contributed by atoms with Crippen molar-refractivity contribution in [3.05, 3.63) is 65.6 Å². The lowest BCUT2D eigenvalue weighted by molar-refractivity contribution is -0.138. The molecule has 0 spiro atoms. The fraction of sp³-hybridized carbons (Fsp3) is 0.462. The Kier molecular flexibility index (Phi) is 17.6. The molecule has 23 nitrogen and oxygen atoms in total. The number of imidazole rings is 1. The van der Waals surface area contributed by atoms with Gasteiger partial charge in [0.1, 0.15) is 29.2 Å². The van der Waals surface area contributed by atoms with E-state index in [9.17, 15) is 50.5 Å². The van der Waals surface area contributed by atoms with Gasteiger partial charge in [0.15, 0.2) is 5.95 Å². The molecule has 0 radical (unpaired) electrons. The maximum atomic E-state index is 13.5. The highest BCUT2D eigenvalue weighted by atomic mass is 32.2. The summed E-state index contributed by atoms with van der Waals surface area (Å²) in [5, 5.41) is 27.7. The number of amides is 4. The lowest BCUT2D eigenvalue weighted by atomic mass is 10.1. The van der Waals surface area contributed by atoms with Crippen LogP contribution >= 0.6 is 0 Å². The topological polar surface area (TPSA) is 331 Å². The minimum atomic E-state index is -4.65. The van der Waals surface area contributed by atoms with E-state index in [0.29, 0.717) is 30.2 Å². The Morgan fingerprint density at radius 2 is 1.62 bits per heavy atom. The highest BCUT2D eigenvalue weighted by Crippen LogP contribution is 2.26. The maximum Gasteiger partial charge on any atom is 0.408 e. The number of H-pyrrole nitrogens is 1. The fourth-order valence-electron chi connectivity index (χ4n) is 6.21. The number of anilines is 1. The quantitative estimate of drug-likeness (QED) is 0.0352. The molecule has 2 atom stereocenters. The van der Waals surface area contributed by atoms with Gasteiger partial charge in [0.2, 0.25) is 21.8 Å². The largest absolute Gasteiger partial charge is 0.494 e. The molecule has 4 rings (SSSR count). The number of benzene rings is 2. The number of rotatable bonds is 24. The number of hydrogen-bond donors (Lipinski definition) is 9. The molecule has 0 bridgehead atoms. The van der Waals surface area contributed by atoms with E-state index in [4.69, 9.17) is 9.47 Å². The Hall–Kier alpha value is -6.31. The molecular formula is C39H54N10O13S2. The van der Waals surface area contributed by atoms with Gasteiger partial charge in [0.05, 0.1) is 23.2 Å². The zero-order chi connectivity index (χ0) is 47.2. The van der Waals surface area contributed by atoms with Crippen LogP contribution in [0.25, 0.3) is 10.9 Å². The molecule has 25 heteroatoms. The fourth-order valence-corrected chi connectivity index (χ4v) is 8.51. The van der Waals surface area contributed by atoms with E-state index in [1.54, 1.807) is 62.2 Å². The number of aromatic nitrogens is 4. The summed E-state index contributed by atoms with van der Waals surface area (Å²) in [6, 6.07) is 4.43. The van der Waals surface area contributed by atoms with Crippen LogP contribution < -0.4 is 36.0 Å². The Morgan fingerprint density at radius 1 is 0.922 bits per heavy atom. The second-order valence-electron chi connectivity index (χ2n) is 15.5. The lowest BCUT2D eigenvalue weighted by Gasteiger charge is -2.22. The predicted molar refractivity (Wildman–Crippen MR) is 232 cm³/mol. The first-order valence-corrected chi connectivity index (χ1v) is 23.1. The van der Waals surface area contributed by atoms with Gasteiger partial charge in [0, 0.05) is 62.5 Å². The molecule has 9 N–H and O–H groups in total. The summed E-state index contributed by atoms with van der Waals surface area (Å²) in [5.74, 6) is -3.61. The van der Waals surface area contributed by atoms with Crippen molar-refractivity contribution in [1.82, 2.24) is 45.7 Å². The number of ether oxygens (including phenoxy) is 2. The van der Waals surface area contributed by atoms with E-state index in [2.05, 4.69) is 46.4 Å². The van der Waals surface area contributed by atoms with Gasteiger partial charge in [-0.15, -0.1) is 0 Å². The van der Waals surface area contributed by atoms with Crippen molar-refractivity contribution in [2.45, 2.75) is 83.0 Å². The first-order chi connectivity index (χ1) is 30.0. The summed E-state index contributed by atoms with van der Waals surface area (Å²) in [7, 11) is -9.08. The molecule has 350 valence electrons. The van der Waals surface area contributed by atoms with Crippen LogP contribution in [0.15, 0.2) is 53.8 Å². The maximum absolute atomic E-state index is 13.5. The average Bonchev–Trinajstić information content (AvgIpc) is 3.86. The number of aromatic amines is 1. The number of hydrogen-bond acceptors (Lipinski definition) is 14. The summed E-state index contributed by atoms with van der Waals surface area (Å²) >= 11 is 0. The zero-order valence-corrected chi connectivity index (χ0v) is 37.5. The van der Waals surface area contributed by atoms with Crippen LogP contribution in [-0.2, 0) is 45.8 Å². The molecular weight excluding hydrogens is 881 g/mol. The smallest absolute Gasteiger partial charge is 0.408 e. The molecule has 0 aliphatic carbocycles. The highest BCUT2D eigenvalue weighted by molar-refractivity contribution is 7.89.